The van der Waals surface area contributed by atoms with Crippen molar-refractivity contribution in [3.05, 3.63) is 44.8 Å². The summed E-state index contributed by atoms with van der Waals surface area (Å²) >= 11 is 9.67. The molecule has 3 nitrogen and oxygen atoms in total. The first-order valence-electron chi connectivity index (χ1n) is 6.47. The topological polar surface area (TPSA) is 35.0 Å². The van der Waals surface area contributed by atoms with Crippen molar-refractivity contribution < 1.29 is 4.74 Å². The highest BCUT2D eigenvalue weighted by atomic mass is 79.9. The number of rotatable bonds is 4. The van der Waals surface area contributed by atoms with Gasteiger partial charge < -0.3 is 4.74 Å². The maximum atomic E-state index is 6.12. The van der Waals surface area contributed by atoms with Crippen LogP contribution in [0.2, 0.25) is 5.15 Å². The Hall–Kier alpha value is -1.13. The molecule has 106 valence electrons. The Morgan fingerprint density at radius 1 is 1.20 bits per heavy atom. The van der Waals surface area contributed by atoms with Gasteiger partial charge in [0.2, 0.25) is 5.88 Å². The van der Waals surface area contributed by atoms with Crippen LogP contribution in [0, 0.1) is 13.8 Å². The van der Waals surface area contributed by atoms with E-state index in [1.54, 1.807) is 0 Å². The van der Waals surface area contributed by atoms with Crippen molar-refractivity contribution in [3.8, 4) is 11.6 Å². The molecule has 1 heterocycles. The monoisotopic (exact) mass is 354 g/mol. The molecule has 20 heavy (non-hydrogen) atoms. The smallest absolute Gasteiger partial charge is 0.227 e. The van der Waals surface area contributed by atoms with Crippen molar-refractivity contribution in [1.82, 2.24) is 9.97 Å². The molecule has 0 unspecified atom stereocenters. The predicted molar refractivity (Wildman–Crippen MR) is 84.7 cm³/mol. The largest absolute Gasteiger partial charge is 0.439 e. The number of halogens is 2. The highest BCUT2D eigenvalue weighted by Gasteiger charge is 2.12. The lowest BCUT2D eigenvalue weighted by Crippen LogP contribution is -1.98. The van der Waals surface area contributed by atoms with E-state index in [2.05, 4.69) is 32.8 Å². The summed E-state index contributed by atoms with van der Waals surface area (Å²) in [5, 5.41) is 0.461. The highest BCUT2D eigenvalue weighted by molar-refractivity contribution is 9.10. The maximum Gasteiger partial charge on any atom is 0.227 e. The Labute approximate surface area is 132 Å². The molecule has 1 aromatic carbocycles. The quantitative estimate of drug-likeness (QED) is 0.702. The zero-order valence-electron chi connectivity index (χ0n) is 11.7. The average Bonchev–Trinajstić information content (AvgIpc) is 2.40. The van der Waals surface area contributed by atoms with Crippen LogP contribution in [0.4, 0.5) is 0 Å². The zero-order valence-corrected chi connectivity index (χ0v) is 14.0. The second kappa shape index (κ2) is 6.55. The molecule has 0 radical (unpaired) electrons. The first-order valence-corrected chi connectivity index (χ1v) is 7.64. The van der Waals surface area contributed by atoms with Crippen molar-refractivity contribution >= 4 is 27.5 Å². The van der Waals surface area contributed by atoms with Crippen LogP contribution in [0.3, 0.4) is 0 Å². The van der Waals surface area contributed by atoms with Crippen LogP contribution in [0.5, 0.6) is 11.6 Å². The van der Waals surface area contributed by atoms with Crippen molar-refractivity contribution in [2.75, 3.05) is 0 Å². The molecule has 0 aliphatic carbocycles. The zero-order chi connectivity index (χ0) is 14.7. The van der Waals surface area contributed by atoms with E-state index >= 15 is 0 Å². The summed E-state index contributed by atoms with van der Waals surface area (Å²) in [4.78, 5) is 8.22. The summed E-state index contributed by atoms with van der Waals surface area (Å²) in [6.07, 6.45) is 3.18. The third kappa shape index (κ3) is 3.30. The molecule has 0 aliphatic rings. The molecule has 0 amide bonds. The van der Waals surface area contributed by atoms with Gasteiger partial charge in [0.1, 0.15) is 17.2 Å². The molecule has 0 spiro atoms. The molecule has 0 bridgehead atoms. The van der Waals surface area contributed by atoms with Crippen LogP contribution in [0.25, 0.3) is 0 Å². The summed E-state index contributed by atoms with van der Waals surface area (Å²) in [5.41, 5.74) is 3.10. The van der Waals surface area contributed by atoms with Gasteiger partial charge in [0.15, 0.2) is 0 Å². The van der Waals surface area contributed by atoms with Crippen LogP contribution < -0.4 is 4.74 Å². The Kier molecular flexibility index (Phi) is 5.00. The van der Waals surface area contributed by atoms with E-state index in [0.717, 1.165) is 39.8 Å². The van der Waals surface area contributed by atoms with E-state index in [0.29, 0.717) is 11.0 Å². The SMILES string of the molecule is CCCc1c(Cl)ncnc1Oc1cc(C)c(Br)c(C)c1. The molecule has 0 saturated heterocycles. The fourth-order valence-electron chi connectivity index (χ4n) is 2.00. The van der Waals surface area contributed by atoms with Crippen molar-refractivity contribution in [3.63, 3.8) is 0 Å². The average molecular weight is 356 g/mol. The molecule has 5 heteroatoms. The number of hydrogen-bond donors (Lipinski definition) is 0. The van der Waals surface area contributed by atoms with E-state index in [1.165, 1.54) is 6.33 Å². The van der Waals surface area contributed by atoms with Crippen LogP contribution in [0.1, 0.15) is 30.0 Å². The molecule has 0 atom stereocenters. The summed E-state index contributed by atoms with van der Waals surface area (Å²) in [7, 11) is 0. The minimum absolute atomic E-state index is 0.461. The van der Waals surface area contributed by atoms with Gasteiger partial charge in [0.05, 0.1) is 5.56 Å². The normalized spacial score (nSPS) is 10.7. The van der Waals surface area contributed by atoms with Gasteiger partial charge in [-0.15, -0.1) is 0 Å². The highest BCUT2D eigenvalue weighted by Crippen LogP contribution is 2.31. The van der Waals surface area contributed by atoms with Gasteiger partial charge in [0, 0.05) is 4.47 Å². The maximum absolute atomic E-state index is 6.12. The first kappa shape index (κ1) is 15.3. The van der Waals surface area contributed by atoms with Gasteiger partial charge in [-0.3, -0.25) is 0 Å². The predicted octanol–water partition coefficient (Wildman–Crippen LogP) is 5.25. The van der Waals surface area contributed by atoms with Gasteiger partial charge in [-0.2, -0.15) is 0 Å². The lowest BCUT2D eigenvalue weighted by molar-refractivity contribution is 0.453. The summed E-state index contributed by atoms with van der Waals surface area (Å²) in [5.74, 6) is 1.29. The molecular formula is C15H16BrClN2O. The summed E-state index contributed by atoms with van der Waals surface area (Å²) < 4.78 is 7.00. The number of ether oxygens (including phenoxy) is 1. The number of hydrogen-bond acceptors (Lipinski definition) is 3. The van der Waals surface area contributed by atoms with E-state index in [-0.39, 0.29) is 0 Å². The molecule has 0 N–H and O–H groups in total. The van der Waals surface area contributed by atoms with Crippen LogP contribution in [0.15, 0.2) is 22.9 Å². The molecular weight excluding hydrogens is 340 g/mol. The standard InChI is InChI=1S/C15H16BrClN2O/c1-4-5-12-14(17)18-8-19-15(12)20-11-6-9(2)13(16)10(3)7-11/h6-8H,4-5H2,1-3H3. The molecule has 2 rings (SSSR count). The summed E-state index contributed by atoms with van der Waals surface area (Å²) in [6, 6.07) is 3.95. The molecule has 0 aliphatic heterocycles. The second-order valence-electron chi connectivity index (χ2n) is 4.67. The number of aromatic nitrogens is 2. The van der Waals surface area contributed by atoms with E-state index < -0.39 is 0 Å². The minimum atomic E-state index is 0.461. The Morgan fingerprint density at radius 3 is 2.45 bits per heavy atom. The number of nitrogens with zero attached hydrogens (tertiary/aromatic N) is 2. The third-order valence-corrected chi connectivity index (χ3v) is 4.55. The van der Waals surface area contributed by atoms with Gasteiger partial charge >= 0.3 is 0 Å². The van der Waals surface area contributed by atoms with Crippen LogP contribution >= 0.6 is 27.5 Å². The lowest BCUT2D eigenvalue weighted by Gasteiger charge is -2.12. The van der Waals surface area contributed by atoms with Gasteiger partial charge in [-0.25, -0.2) is 9.97 Å². The molecule has 1 aromatic heterocycles. The van der Waals surface area contributed by atoms with Crippen LogP contribution in [-0.2, 0) is 6.42 Å². The summed E-state index contributed by atoms with van der Waals surface area (Å²) in [6.45, 7) is 6.15. The fraction of sp³-hybridized carbons (Fsp3) is 0.333. The molecule has 0 fully saturated rings. The van der Waals surface area contributed by atoms with Crippen LogP contribution in [-0.4, -0.2) is 9.97 Å². The van der Waals surface area contributed by atoms with Crippen molar-refractivity contribution in [2.45, 2.75) is 33.6 Å². The van der Waals surface area contributed by atoms with Gasteiger partial charge in [-0.1, -0.05) is 40.9 Å². The second-order valence-corrected chi connectivity index (χ2v) is 5.82. The molecule has 0 saturated carbocycles. The number of benzene rings is 1. The Bertz CT molecular complexity index is 608. The van der Waals surface area contributed by atoms with Gasteiger partial charge in [-0.05, 0) is 43.5 Å². The van der Waals surface area contributed by atoms with Crippen molar-refractivity contribution in [2.24, 2.45) is 0 Å². The van der Waals surface area contributed by atoms with Crippen molar-refractivity contribution in [1.29, 1.82) is 0 Å². The lowest BCUT2D eigenvalue weighted by atomic mass is 10.1. The van der Waals surface area contributed by atoms with E-state index in [9.17, 15) is 0 Å². The van der Waals surface area contributed by atoms with E-state index in [1.807, 2.05) is 26.0 Å². The minimum Gasteiger partial charge on any atom is -0.439 e. The van der Waals surface area contributed by atoms with Gasteiger partial charge in [0.25, 0.3) is 0 Å². The third-order valence-electron chi connectivity index (χ3n) is 2.98. The fourth-order valence-corrected chi connectivity index (χ4v) is 2.45. The first-order chi connectivity index (χ1) is 9.52. The number of aryl methyl sites for hydroxylation is 2. The Morgan fingerprint density at radius 2 is 1.85 bits per heavy atom. The Balaban J connectivity index is 2.37. The van der Waals surface area contributed by atoms with E-state index in [4.69, 9.17) is 16.3 Å². The molecule has 2 aromatic rings.